The molecule has 0 aromatic carbocycles. The highest BCUT2D eigenvalue weighted by atomic mass is 16.2. The van der Waals surface area contributed by atoms with Crippen LogP contribution in [0, 0.1) is 5.92 Å². The van der Waals surface area contributed by atoms with E-state index in [1.165, 1.54) is 12.8 Å². The first-order valence-corrected chi connectivity index (χ1v) is 4.93. The first-order valence-electron chi connectivity index (χ1n) is 4.93. The summed E-state index contributed by atoms with van der Waals surface area (Å²) < 4.78 is 0. The highest BCUT2D eigenvalue weighted by Crippen LogP contribution is 2.29. The molecule has 2 aliphatic heterocycles. The molecule has 2 N–H and O–H groups in total. The molecule has 74 valence electrons. The van der Waals surface area contributed by atoms with Gasteiger partial charge in [-0.1, -0.05) is 0 Å². The lowest BCUT2D eigenvalue weighted by Crippen LogP contribution is -2.49. The number of likely N-dealkylation sites (N-methyl/N-ethyl adjacent to an activating group) is 1. The van der Waals surface area contributed by atoms with Crippen LogP contribution in [0.5, 0.6) is 0 Å². The van der Waals surface area contributed by atoms with Crippen LogP contribution in [-0.2, 0) is 4.79 Å². The van der Waals surface area contributed by atoms with Gasteiger partial charge >= 0.3 is 0 Å². The summed E-state index contributed by atoms with van der Waals surface area (Å²) in [6, 6.07) is 0.0868. The van der Waals surface area contributed by atoms with Crippen molar-refractivity contribution >= 4 is 5.91 Å². The fraction of sp³-hybridized carbons (Fsp3) is 0.889. The quantitative estimate of drug-likeness (QED) is 0.593. The van der Waals surface area contributed by atoms with Crippen LogP contribution in [0.2, 0.25) is 0 Å². The summed E-state index contributed by atoms with van der Waals surface area (Å²) in [6.07, 6.45) is 2.36. The van der Waals surface area contributed by atoms with Crippen LogP contribution >= 0.6 is 0 Å². The number of amides is 1. The molecular weight excluding hydrogens is 166 g/mol. The number of nitrogens with zero attached hydrogens (tertiary/aromatic N) is 2. The molecule has 0 spiro atoms. The second kappa shape index (κ2) is 3.27. The van der Waals surface area contributed by atoms with Crippen molar-refractivity contribution in [1.29, 1.82) is 0 Å². The fourth-order valence-corrected chi connectivity index (χ4v) is 2.57. The number of piperidine rings is 1. The fourth-order valence-electron chi connectivity index (χ4n) is 2.57. The predicted octanol–water partition coefficient (Wildman–Crippen LogP) is -0.545. The molecule has 2 fully saturated rings. The normalized spacial score (nSPS) is 35.2. The van der Waals surface area contributed by atoms with Crippen LogP contribution < -0.4 is 5.73 Å². The summed E-state index contributed by atoms with van der Waals surface area (Å²) in [4.78, 5) is 15.7. The van der Waals surface area contributed by atoms with Crippen molar-refractivity contribution in [2.45, 2.75) is 18.9 Å². The smallest absolute Gasteiger partial charge is 0.240 e. The molecule has 2 atom stereocenters. The maximum Gasteiger partial charge on any atom is 0.240 e. The van der Waals surface area contributed by atoms with E-state index < -0.39 is 0 Å². The number of hydrogen-bond acceptors (Lipinski definition) is 3. The van der Waals surface area contributed by atoms with E-state index in [0.717, 1.165) is 13.1 Å². The third kappa shape index (κ3) is 1.34. The van der Waals surface area contributed by atoms with Crippen LogP contribution in [-0.4, -0.2) is 48.6 Å². The molecule has 0 saturated carbocycles. The Bertz CT molecular complexity index is 213. The molecule has 0 aromatic rings. The van der Waals surface area contributed by atoms with E-state index in [4.69, 9.17) is 5.73 Å². The highest BCUT2D eigenvalue weighted by molar-refractivity contribution is 5.84. The number of fused-ring (bicyclic) bond motifs is 1. The van der Waals surface area contributed by atoms with Gasteiger partial charge in [0.15, 0.2) is 0 Å². The second-order valence-corrected chi connectivity index (χ2v) is 4.06. The Labute approximate surface area is 78.7 Å². The van der Waals surface area contributed by atoms with Crippen molar-refractivity contribution < 1.29 is 4.79 Å². The van der Waals surface area contributed by atoms with Gasteiger partial charge in [0.2, 0.25) is 5.91 Å². The largest absolute Gasteiger partial charge is 0.344 e. The molecule has 2 unspecified atom stereocenters. The lowest BCUT2D eigenvalue weighted by atomic mass is 9.92. The topological polar surface area (TPSA) is 49.6 Å². The lowest BCUT2D eigenvalue weighted by Gasteiger charge is -2.34. The molecule has 0 bridgehead atoms. The van der Waals surface area contributed by atoms with E-state index in [0.29, 0.717) is 12.6 Å². The summed E-state index contributed by atoms with van der Waals surface area (Å²) in [5.74, 6) is 0.782. The number of hydrogen-bond donors (Lipinski definition) is 1. The first-order chi connectivity index (χ1) is 6.24. The molecule has 0 radical (unpaired) electrons. The number of likely N-dealkylation sites (tertiary alicyclic amines) is 2. The van der Waals surface area contributed by atoms with Crippen molar-refractivity contribution in [3.05, 3.63) is 0 Å². The Morgan fingerprint density at radius 2 is 2.38 bits per heavy atom. The Balaban J connectivity index is 2.16. The van der Waals surface area contributed by atoms with Crippen LogP contribution in [0.15, 0.2) is 0 Å². The molecule has 4 nitrogen and oxygen atoms in total. The van der Waals surface area contributed by atoms with Gasteiger partial charge in [-0.25, -0.2) is 0 Å². The average molecular weight is 183 g/mol. The van der Waals surface area contributed by atoms with Gasteiger partial charge in [0, 0.05) is 32.7 Å². The van der Waals surface area contributed by atoms with Gasteiger partial charge in [0.05, 0.1) is 6.04 Å². The van der Waals surface area contributed by atoms with Crippen molar-refractivity contribution in [2.24, 2.45) is 11.7 Å². The highest BCUT2D eigenvalue weighted by Gasteiger charge is 2.43. The monoisotopic (exact) mass is 183 g/mol. The molecule has 0 aromatic heterocycles. The molecule has 1 amide bonds. The van der Waals surface area contributed by atoms with E-state index in [1.807, 2.05) is 11.9 Å². The summed E-state index contributed by atoms with van der Waals surface area (Å²) >= 11 is 0. The second-order valence-electron chi connectivity index (χ2n) is 4.06. The van der Waals surface area contributed by atoms with Crippen molar-refractivity contribution in [2.75, 3.05) is 26.8 Å². The van der Waals surface area contributed by atoms with Gasteiger partial charge < -0.3 is 10.6 Å². The van der Waals surface area contributed by atoms with Gasteiger partial charge in [0.25, 0.3) is 0 Å². The standard InChI is InChI=1S/C9H17N3O/c1-11-5-7-3-2-4-12(6-10)8(7)9(11)13/h7-8H,2-6,10H2,1H3. The van der Waals surface area contributed by atoms with Gasteiger partial charge in [-0.3, -0.25) is 9.69 Å². The molecule has 2 saturated heterocycles. The van der Waals surface area contributed by atoms with E-state index in [9.17, 15) is 4.79 Å². The molecule has 4 heteroatoms. The van der Waals surface area contributed by atoms with Crippen LogP contribution in [0.1, 0.15) is 12.8 Å². The van der Waals surface area contributed by atoms with Crippen LogP contribution in [0.4, 0.5) is 0 Å². The Morgan fingerprint density at radius 3 is 3.08 bits per heavy atom. The van der Waals surface area contributed by atoms with E-state index >= 15 is 0 Å². The number of carbonyl (C=O) groups is 1. The van der Waals surface area contributed by atoms with E-state index in [2.05, 4.69) is 4.90 Å². The Morgan fingerprint density at radius 1 is 1.62 bits per heavy atom. The van der Waals surface area contributed by atoms with Crippen molar-refractivity contribution in [3.8, 4) is 0 Å². The zero-order chi connectivity index (χ0) is 9.42. The number of carbonyl (C=O) groups excluding carboxylic acids is 1. The zero-order valence-electron chi connectivity index (χ0n) is 8.07. The number of rotatable bonds is 1. The van der Waals surface area contributed by atoms with Crippen molar-refractivity contribution in [3.63, 3.8) is 0 Å². The average Bonchev–Trinajstić information content (AvgIpc) is 2.43. The van der Waals surface area contributed by atoms with Gasteiger partial charge in [-0.15, -0.1) is 0 Å². The van der Waals surface area contributed by atoms with Gasteiger partial charge in [-0.2, -0.15) is 0 Å². The minimum absolute atomic E-state index is 0.0868. The maximum atomic E-state index is 11.7. The van der Waals surface area contributed by atoms with E-state index in [1.54, 1.807) is 0 Å². The molecular formula is C9H17N3O. The molecule has 2 rings (SSSR count). The third-order valence-electron chi connectivity index (χ3n) is 3.23. The lowest BCUT2D eigenvalue weighted by molar-refractivity contribution is -0.132. The number of nitrogens with two attached hydrogens (primary N) is 1. The van der Waals surface area contributed by atoms with Gasteiger partial charge in [0.1, 0.15) is 0 Å². The van der Waals surface area contributed by atoms with Crippen LogP contribution in [0.25, 0.3) is 0 Å². The summed E-state index contributed by atoms with van der Waals surface area (Å²) in [5, 5.41) is 0. The predicted molar refractivity (Wildman–Crippen MR) is 49.9 cm³/mol. The molecule has 13 heavy (non-hydrogen) atoms. The zero-order valence-corrected chi connectivity index (χ0v) is 8.07. The Hall–Kier alpha value is -0.610. The Kier molecular flexibility index (Phi) is 2.26. The molecule has 2 heterocycles. The minimum Gasteiger partial charge on any atom is -0.344 e. The molecule has 2 aliphatic rings. The summed E-state index contributed by atoms with van der Waals surface area (Å²) in [7, 11) is 1.88. The third-order valence-corrected chi connectivity index (χ3v) is 3.23. The minimum atomic E-state index is 0.0868. The SMILES string of the molecule is CN1CC2CCCN(CN)C2C1=O. The van der Waals surface area contributed by atoms with Crippen molar-refractivity contribution in [1.82, 2.24) is 9.80 Å². The summed E-state index contributed by atoms with van der Waals surface area (Å²) in [5.41, 5.74) is 5.62. The van der Waals surface area contributed by atoms with Gasteiger partial charge in [-0.05, 0) is 12.8 Å². The van der Waals surface area contributed by atoms with Crippen LogP contribution in [0.3, 0.4) is 0 Å². The summed E-state index contributed by atoms with van der Waals surface area (Å²) in [6.45, 7) is 2.41. The molecule has 0 aliphatic carbocycles. The first kappa shape index (κ1) is 8.97. The van der Waals surface area contributed by atoms with E-state index in [-0.39, 0.29) is 11.9 Å². The maximum absolute atomic E-state index is 11.7.